The van der Waals surface area contributed by atoms with E-state index in [1.54, 1.807) is 0 Å². The van der Waals surface area contributed by atoms with Gasteiger partial charge >= 0.3 is 10.3 Å². The monoisotopic (exact) mass is 327 g/mol. The van der Waals surface area contributed by atoms with Crippen LogP contribution < -0.4 is 5.14 Å². The first-order chi connectivity index (χ1) is 10.4. The maximum atomic E-state index is 11.1. The summed E-state index contributed by atoms with van der Waals surface area (Å²) in [5, 5.41) is 4.93. The summed E-state index contributed by atoms with van der Waals surface area (Å²) >= 11 is 0. The summed E-state index contributed by atoms with van der Waals surface area (Å²) in [6.07, 6.45) is 2.90. The average molecular weight is 327 g/mol. The van der Waals surface area contributed by atoms with E-state index >= 15 is 0 Å². The first kappa shape index (κ1) is 15.9. The number of hydrogen-bond donors (Lipinski definition) is 1. The van der Waals surface area contributed by atoms with E-state index in [9.17, 15) is 8.42 Å². The summed E-state index contributed by atoms with van der Waals surface area (Å²) < 4.78 is 39.2. The number of hydrogen-bond acceptors (Lipinski definition) is 5. The molecule has 0 amide bonds. The van der Waals surface area contributed by atoms with Crippen LogP contribution in [0, 0.1) is 6.92 Å². The molecule has 0 bridgehead atoms. The van der Waals surface area contributed by atoms with Crippen molar-refractivity contribution in [1.29, 1.82) is 0 Å². The van der Waals surface area contributed by atoms with Gasteiger partial charge in [-0.25, -0.2) is 5.14 Å². The molecular weight excluding hydrogens is 306 g/mol. The second-order valence-corrected chi connectivity index (χ2v) is 7.17. The first-order valence-electron chi connectivity index (χ1n) is 7.47. The molecule has 6 nitrogen and oxygen atoms in total. The van der Waals surface area contributed by atoms with E-state index in [4.69, 9.17) is 18.8 Å². The largest absolute Gasteiger partial charge is 0.341 e. The summed E-state index contributed by atoms with van der Waals surface area (Å²) in [6, 6.07) is 7.86. The number of benzene rings is 1. The Morgan fingerprint density at radius 3 is 2.59 bits per heavy atom. The summed E-state index contributed by atoms with van der Waals surface area (Å²) in [7, 11) is -4.00. The molecule has 2 aliphatic rings. The Hall–Kier alpha value is -0.990. The van der Waals surface area contributed by atoms with Crippen LogP contribution in [0.2, 0.25) is 0 Å². The highest BCUT2D eigenvalue weighted by Crippen LogP contribution is 2.47. The fraction of sp³-hybridized carbons (Fsp3) is 0.600. The minimum Gasteiger partial charge on any atom is -0.341 e. The smallest absolute Gasteiger partial charge is 0.333 e. The minimum atomic E-state index is -4.00. The molecular formula is C15H21NO5S. The predicted octanol–water partition coefficient (Wildman–Crippen LogP) is 1.94. The molecule has 0 radical (unpaired) electrons. The molecule has 1 aliphatic heterocycles. The lowest BCUT2D eigenvalue weighted by atomic mass is 10.00. The molecule has 122 valence electrons. The van der Waals surface area contributed by atoms with Crippen LogP contribution in [0.1, 0.15) is 42.9 Å². The lowest BCUT2D eigenvalue weighted by Gasteiger charge is -2.22. The van der Waals surface area contributed by atoms with Gasteiger partial charge in [0.2, 0.25) is 0 Å². The third-order valence-corrected chi connectivity index (χ3v) is 4.77. The summed E-state index contributed by atoms with van der Waals surface area (Å²) in [6.45, 7) is 1.86. The average Bonchev–Trinajstić information content (AvgIpc) is 3.04. The fourth-order valence-electron chi connectivity index (χ4n) is 3.28. The zero-order valence-electron chi connectivity index (χ0n) is 12.5. The lowest BCUT2D eigenvalue weighted by molar-refractivity contribution is -0.171. The Morgan fingerprint density at radius 2 is 1.95 bits per heavy atom. The van der Waals surface area contributed by atoms with E-state index in [1.807, 2.05) is 31.2 Å². The summed E-state index contributed by atoms with van der Waals surface area (Å²) in [5.41, 5.74) is 2.07. The number of aryl methyl sites for hydroxylation is 1. The second kappa shape index (κ2) is 5.90. The van der Waals surface area contributed by atoms with E-state index in [-0.39, 0.29) is 12.7 Å². The maximum Gasteiger partial charge on any atom is 0.333 e. The molecule has 1 aromatic rings. The molecule has 2 fully saturated rings. The zero-order valence-corrected chi connectivity index (χ0v) is 13.3. The summed E-state index contributed by atoms with van der Waals surface area (Å²) in [5.74, 6) is -0.612. The second-order valence-electron chi connectivity index (χ2n) is 5.95. The third-order valence-electron chi connectivity index (χ3n) is 4.30. The molecule has 1 saturated heterocycles. The Labute approximate surface area is 130 Å². The number of ether oxygens (including phenoxy) is 2. The lowest BCUT2D eigenvalue weighted by Crippen LogP contribution is -2.29. The summed E-state index contributed by atoms with van der Waals surface area (Å²) in [4.78, 5) is 0. The first-order valence-corrected chi connectivity index (χ1v) is 8.94. The van der Waals surface area contributed by atoms with Crippen molar-refractivity contribution in [2.45, 2.75) is 50.6 Å². The van der Waals surface area contributed by atoms with Crippen molar-refractivity contribution in [2.75, 3.05) is 6.61 Å². The molecule has 2 atom stereocenters. The Morgan fingerprint density at radius 1 is 1.27 bits per heavy atom. The van der Waals surface area contributed by atoms with Gasteiger partial charge in [-0.3, -0.25) is 4.18 Å². The fourth-order valence-corrected chi connectivity index (χ4v) is 3.60. The van der Waals surface area contributed by atoms with Gasteiger partial charge in [0, 0.05) is 12.8 Å². The Bertz CT molecular complexity index is 639. The molecule has 22 heavy (non-hydrogen) atoms. The molecule has 1 heterocycles. The van der Waals surface area contributed by atoms with Crippen molar-refractivity contribution in [3.05, 3.63) is 35.4 Å². The predicted molar refractivity (Wildman–Crippen MR) is 80.1 cm³/mol. The van der Waals surface area contributed by atoms with E-state index < -0.39 is 22.2 Å². The Kier molecular flexibility index (Phi) is 4.26. The quantitative estimate of drug-likeness (QED) is 0.913. The highest BCUT2D eigenvalue weighted by Gasteiger charge is 2.50. The molecule has 2 N–H and O–H groups in total. The van der Waals surface area contributed by atoms with Gasteiger partial charge in [0.1, 0.15) is 12.2 Å². The van der Waals surface area contributed by atoms with Gasteiger partial charge in [-0.2, -0.15) is 8.42 Å². The molecule has 1 aromatic carbocycles. The van der Waals surface area contributed by atoms with Crippen molar-refractivity contribution in [1.82, 2.24) is 0 Å². The normalized spacial score (nSPS) is 27.5. The van der Waals surface area contributed by atoms with Gasteiger partial charge in [-0.1, -0.05) is 24.3 Å². The van der Waals surface area contributed by atoms with Crippen LogP contribution >= 0.6 is 0 Å². The van der Waals surface area contributed by atoms with Crippen LogP contribution in [0.25, 0.3) is 0 Å². The van der Waals surface area contributed by atoms with E-state index in [0.29, 0.717) is 0 Å². The van der Waals surface area contributed by atoms with Gasteiger partial charge < -0.3 is 9.47 Å². The molecule has 7 heteroatoms. The highest BCUT2D eigenvalue weighted by atomic mass is 32.2. The minimum absolute atomic E-state index is 0.139. The van der Waals surface area contributed by atoms with Gasteiger partial charge in [0.05, 0.1) is 6.61 Å². The van der Waals surface area contributed by atoms with Crippen molar-refractivity contribution < 1.29 is 22.1 Å². The topological polar surface area (TPSA) is 87.8 Å². The maximum absolute atomic E-state index is 11.1. The van der Waals surface area contributed by atoms with Crippen LogP contribution in [0.4, 0.5) is 0 Å². The Balaban J connectivity index is 1.85. The van der Waals surface area contributed by atoms with Crippen molar-refractivity contribution in [2.24, 2.45) is 5.14 Å². The van der Waals surface area contributed by atoms with Crippen LogP contribution in [-0.2, 0) is 24.0 Å². The van der Waals surface area contributed by atoms with E-state index in [0.717, 1.165) is 36.8 Å². The van der Waals surface area contributed by atoms with E-state index in [2.05, 4.69) is 0 Å². The van der Waals surface area contributed by atoms with Crippen molar-refractivity contribution >= 4 is 10.3 Å². The van der Waals surface area contributed by atoms with Gasteiger partial charge in [0.25, 0.3) is 0 Å². The van der Waals surface area contributed by atoms with Gasteiger partial charge in [-0.05, 0) is 30.9 Å². The van der Waals surface area contributed by atoms with Gasteiger partial charge in [-0.15, -0.1) is 0 Å². The number of rotatable bonds is 4. The molecule has 0 unspecified atom stereocenters. The molecule has 3 rings (SSSR count). The van der Waals surface area contributed by atoms with Crippen LogP contribution in [0.15, 0.2) is 24.3 Å². The van der Waals surface area contributed by atoms with Crippen LogP contribution in [-0.4, -0.2) is 26.9 Å². The SMILES string of the molecule is Cc1ccccc1[C@@H]1OC2(CCCC2)O[C@H]1COS(N)(=O)=O. The molecule has 0 aromatic heterocycles. The van der Waals surface area contributed by atoms with Crippen molar-refractivity contribution in [3.63, 3.8) is 0 Å². The van der Waals surface area contributed by atoms with Crippen LogP contribution in [0.5, 0.6) is 0 Å². The molecule has 1 aliphatic carbocycles. The molecule has 1 spiro atoms. The van der Waals surface area contributed by atoms with Crippen molar-refractivity contribution in [3.8, 4) is 0 Å². The third kappa shape index (κ3) is 3.33. The zero-order chi connectivity index (χ0) is 15.8. The van der Waals surface area contributed by atoms with Gasteiger partial charge in [0.15, 0.2) is 5.79 Å². The highest BCUT2D eigenvalue weighted by molar-refractivity contribution is 7.84. The molecule has 1 saturated carbocycles. The number of nitrogens with two attached hydrogens (primary N) is 1. The van der Waals surface area contributed by atoms with E-state index in [1.165, 1.54) is 0 Å². The van der Waals surface area contributed by atoms with Crippen LogP contribution in [0.3, 0.4) is 0 Å². The standard InChI is InChI=1S/C15H21NO5S/c1-11-6-2-3-7-12(11)14-13(10-19-22(16,17)18)20-15(21-14)8-4-5-9-15/h2-3,6-7,13-14H,4-5,8-10H2,1H3,(H2,16,17,18)/t13-,14-/m0/s1.